The highest BCUT2D eigenvalue weighted by Gasteiger charge is 2.10. The van der Waals surface area contributed by atoms with Gasteiger partial charge < -0.3 is 9.52 Å². The molecule has 3 heterocycles. The van der Waals surface area contributed by atoms with Crippen molar-refractivity contribution in [2.24, 2.45) is 0 Å². The number of aliphatic carboxylic acids is 1. The van der Waals surface area contributed by atoms with E-state index >= 15 is 0 Å². The van der Waals surface area contributed by atoms with Gasteiger partial charge in [-0.25, -0.2) is 9.50 Å². The van der Waals surface area contributed by atoms with Gasteiger partial charge in [-0.1, -0.05) is 0 Å². The predicted octanol–water partition coefficient (Wildman–Crippen LogP) is 1.06. The molecule has 0 radical (unpaired) electrons. The van der Waals surface area contributed by atoms with Gasteiger partial charge in [0.1, 0.15) is 11.6 Å². The van der Waals surface area contributed by atoms with E-state index < -0.39 is 5.97 Å². The molecule has 3 rings (SSSR count). The summed E-state index contributed by atoms with van der Waals surface area (Å²) in [6.45, 7) is 0. The molecule has 7 heteroatoms. The van der Waals surface area contributed by atoms with E-state index in [9.17, 15) is 4.79 Å². The number of nitrogens with one attached hydrogen (secondary N) is 1. The van der Waals surface area contributed by atoms with Gasteiger partial charge in [0.05, 0.1) is 24.6 Å². The van der Waals surface area contributed by atoms with E-state index in [-0.39, 0.29) is 6.42 Å². The molecule has 0 saturated carbocycles. The normalized spacial score (nSPS) is 11.2. The van der Waals surface area contributed by atoms with Crippen LogP contribution >= 0.6 is 0 Å². The zero-order valence-corrected chi connectivity index (χ0v) is 10.0. The van der Waals surface area contributed by atoms with Crippen LogP contribution in [0.15, 0.2) is 29.0 Å². The molecule has 98 valence electrons. The number of hydrogen-bond donors (Lipinski definition) is 2. The van der Waals surface area contributed by atoms with E-state index in [1.54, 1.807) is 17.0 Å². The van der Waals surface area contributed by atoms with Crippen LogP contribution in [0.4, 0.5) is 0 Å². The second-order valence-corrected chi connectivity index (χ2v) is 4.22. The fourth-order valence-electron chi connectivity index (χ4n) is 1.91. The molecule has 0 amide bonds. The van der Waals surface area contributed by atoms with E-state index in [0.717, 1.165) is 18.0 Å². The van der Waals surface area contributed by atoms with Crippen LogP contribution in [0.3, 0.4) is 0 Å². The molecule has 19 heavy (non-hydrogen) atoms. The highest BCUT2D eigenvalue weighted by molar-refractivity contribution is 5.69. The van der Waals surface area contributed by atoms with E-state index in [0.29, 0.717) is 17.9 Å². The molecular formula is C12H12N4O3. The highest BCUT2D eigenvalue weighted by Crippen LogP contribution is 2.08. The van der Waals surface area contributed by atoms with Crippen molar-refractivity contribution < 1.29 is 14.3 Å². The van der Waals surface area contributed by atoms with Crippen molar-refractivity contribution in [2.75, 3.05) is 0 Å². The number of fused-ring (bicyclic) bond motifs is 1. The second kappa shape index (κ2) is 4.60. The summed E-state index contributed by atoms with van der Waals surface area (Å²) in [6.07, 6.45) is 4.66. The Morgan fingerprint density at radius 3 is 3.00 bits per heavy atom. The maximum atomic E-state index is 10.6. The van der Waals surface area contributed by atoms with E-state index in [4.69, 9.17) is 9.52 Å². The number of carbonyl (C=O) groups is 1. The zero-order valence-electron chi connectivity index (χ0n) is 10.0. The predicted molar refractivity (Wildman–Crippen MR) is 64.8 cm³/mol. The molecule has 0 bridgehead atoms. The monoisotopic (exact) mass is 260 g/mol. The van der Waals surface area contributed by atoms with Crippen LogP contribution in [-0.4, -0.2) is 30.7 Å². The van der Waals surface area contributed by atoms with Crippen LogP contribution in [0, 0.1) is 0 Å². The van der Waals surface area contributed by atoms with E-state index in [1.807, 2.05) is 12.1 Å². The molecule has 0 atom stereocenters. The van der Waals surface area contributed by atoms with Gasteiger partial charge in [-0.05, 0) is 12.1 Å². The summed E-state index contributed by atoms with van der Waals surface area (Å²) in [7, 11) is 0. The standard InChI is InChI=1S/C12H12N4O3/c17-11(18)6-8-7-16-12(13-8)14-10(15-16)4-3-9-2-1-5-19-9/h1-2,5,7H,3-4,6H2,(H,17,18)(H,13,14,15). The maximum absolute atomic E-state index is 10.6. The van der Waals surface area contributed by atoms with Crippen molar-refractivity contribution >= 4 is 11.7 Å². The van der Waals surface area contributed by atoms with Crippen molar-refractivity contribution in [2.45, 2.75) is 19.3 Å². The average Bonchev–Trinajstić information content (AvgIpc) is 2.99. The Balaban J connectivity index is 1.72. The third kappa shape index (κ3) is 2.49. The summed E-state index contributed by atoms with van der Waals surface area (Å²) in [6, 6.07) is 3.77. The number of hydrogen-bond acceptors (Lipinski definition) is 4. The number of aryl methyl sites for hydroxylation is 2. The van der Waals surface area contributed by atoms with Gasteiger partial charge in [-0.2, -0.15) is 4.98 Å². The summed E-state index contributed by atoms with van der Waals surface area (Å²) in [5, 5.41) is 11.7. The van der Waals surface area contributed by atoms with Crippen LogP contribution in [0.1, 0.15) is 17.3 Å². The van der Waals surface area contributed by atoms with Crippen LogP contribution in [0.2, 0.25) is 0 Å². The lowest BCUT2D eigenvalue weighted by atomic mass is 10.2. The largest absolute Gasteiger partial charge is 0.481 e. The third-order valence-electron chi connectivity index (χ3n) is 2.74. The summed E-state index contributed by atoms with van der Waals surface area (Å²) in [5.74, 6) is 1.28. The quantitative estimate of drug-likeness (QED) is 0.715. The number of H-pyrrole nitrogens is 1. The van der Waals surface area contributed by atoms with Gasteiger partial charge >= 0.3 is 5.97 Å². The lowest BCUT2D eigenvalue weighted by Gasteiger charge is -1.93. The molecule has 0 saturated heterocycles. The van der Waals surface area contributed by atoms with Crippen LogP contribution in [0.5, 0.6) is 0 Å². The SMILES string of the molecule is O=C(O)Cc1cn2[nH]c(CCc3ccco3)nc2n1. The minimum absolute atomic E-state index is 0.0983. The lowest BCUT2D eigenvalue weighted by molar-refractivity contribution is -0.136. The van der Waals surface area contributed by atoms with Crippen molar-refractivity contribution in [3.8, 4) is 0 Å². The summed E-state index contributed by atoms with van der Waals surface area (Å²) in [5.41, 5.74) is 0.490. The molecule has 3 aromatic heterocycles. The molecule has 0 unspecified atom stereocenters. The second-order valence-electron chi connectivity index (χ2n) is 4.22. The number of imidazole rings is 1. The molecule has 0 aliphatic carbocycles. The Kier molecular flexibility index (Phi) is 2.79. The van der Waals surface area contributed by atoms with Crippen molar-refractivity contribution in [1.82, 2.24) is 19.6 Å². The topological polar surface area (TPSA) is 96.4 Å². The van der Waals surface area contributed by atoms with Crippen molar-refractivity contribution in [1.29, 1.82) is 0 Å². The molecule has 2 N–H and O–H groups in total. The fraction of sp³-hybridized carbons (Fsp3) is 0.250. The Morgan fingerprint density at radius 2 is 2.32 bits per heavy atom. The molecule has 0 aliphatic heterocycles. The van der Waals surface area contributed by atoms with Gasteiger partial charge in [0.15, 0.2) is 0 Å². The number of aromatic amines is 1. The Morgan fingerprint density at radius 1 is 1.42 bits per heavy atom. The van der Waals surface area contributed by atoms with Crippen molar-refractivity contribution in [3.05, 3.63) is 41.9 Å². The summed E-state index contributed by atoms with van der Waals surface area (Å²) >= 11 is 0. The Labute approximate surface area is 107 Å². The molecular weight excluding hydrogens is 248 g/mol. The first-order valence-electron chi connectivity index (χ1n) is 5.88. The zero-order chi connectivity index (χ0) is 13.2. The smallest absolute Gasteiger partial charge is 0.309 e. The van der Waals surface area contributed by atoms with Crippen LogP contribution in [-0.2, 0) is 24.1 Å². The fourth-order valence-corrected chi connectivity index (χ4v) is 1.91. The van der Waals surface area contributed by atoms with Gasteiger partial charge in [-0.3, -0.25) is 9.89 Å². The number of furan rings is 1. The Bertz CT molecular complexity index is 664. The summed E-state index contributed by atoms with van der Waals surface area (Å²) < 4.78 is 6.88. The van der Waals surface area contributed by atoms with Gasteiger partial charge in [0, 0.05) is 12.8 Å². The molecule has 0 spiro atoms. The van der Waals surface area contributed by atoms with Gasteiger partial charge in [-0.15, -0.1) is 0 Å². The molecule has 0 fully saturated rings. The Hall–Kier alpha value is -2.57. The molecule has 0 aliphatic rings. The maximum Gasteiger partial charge on any atom is 0.309 e. The van der Waals surface area contributed by atoms with E-state index in [2.05, 4.69) is 15.1 Å². The molecule has 7 nitrogen and oxygen atoms in total. The molecule has 3 aromatic rings. The summed E-state index contributed by atoms with van der Waals surface area (Å²) in [4.78, 5) is 19.0. The number of nitrogens with zero attached hydrogens (tertiary/aromatic N) is 3. The minimum atomic E-state index is -0.904. The van der Waals surface area contributed by atoms with Gasteiger partial charge in [0.2, 0.25) is 0 Å². The van der Waals surface area contributed by atoms with Crippen molar-refractivity contribution in [3.63, 3.8) is 0 Å². The van der Waals surface area contributed by atoms with Crippen LogP contribution < -0.4 is 0 Å². The first-order valence-corrected chi connectivity index (χ1v) is 5.88. The lowest BCUT2D eigenvalue weighted by Crippen LogP contribution is -2.00. The minimum Gasteiger partial charge on any atom is -0.481 e. The number of aromatic nitrogens is 4. The average molecular weight is 260 g/mol. The third-order valence-corrected chi connectivity index (χ3v) is 2.74. The number of rotatable bonds is 5. The van der Waals surface area contributed by atoms with Gasteiger partial charge in [0.25, 0.3) is 5.78 Å². The first kappa shape index (κ1) is 11.5. The highest BCUT2D eigenvalue weighted by atomic mass is 16.4. The number of carboxylic acid groups (broad SMARTS) is 1. The van der Waals surface area contributed by atoms with E-state index in [1.165, 1.54) is 0 Å². The first-order chi connectivity index (χ1) is 9.20. The van der Waals surface area contributed by atoms with Crippen LogP contribution in [0.25, 0.3) is 5.78 Å². The molecule has 0 aromatic carbocycles. The number of carboxylic acids is 1.